The van der Waals surface area contributed by atoms with E-state index in [0.717, 1.165) is 60.8 Å². The van der Waals surface area contributed by atoms with E-state index in [1.165, 1.54) is 0 Å². The van der Waals surface area contributed by atoms with E-state index in [9.17, 15) is 9.59 Å². The van der Waals surface area contributed by atoms with Crippen LogP contribution in [0.1, 0.15) is 94.9 Å². The van der Waals surface area contributed by atoms with Gasteiger partial charge >= 0.3 is 17.6 Å². The van der Waals surface area contributed by atoms with Crippen LogP contribution in [-0.4, -0.2) is 116 Å². The van der Waals surface area contributed by atoms with Crippen LogP contribution >= 0.6 is 23.5 Å². The molecule has 0 aliphatic heterocycles. The fraction of sp³-hybridized carbons (Fsp3) is 0.938. The van der Waals surface area contributed by atoms with Gasteiger partial charge in [0, 0.05) is 64.8 Å². The molecule has 2 amide bonds. The van der Waals surface area contributed by atoms with Crippen molar-refractivity contribution in [2.24, 2.45) is 10.2 Å². The largest absolute Gasteiger partial charge is 0.500 e. The van der Waals surface area contributed by atoms with Crippen LogP contribution in [0.3, 0.4) is 0 Å². The molecule has 284 valence electrons. The monoisotopic (exact) mass is 756 g/mol. The van der Waals surface area contributed by atoms with Gasteiger partial charge in [0.05, 0.1) is 0 Å². The Balaban J connectivity index is 4.38. The number of azo groups is 1. The van der Waals surface area contributed by atoms with E-state index >= 15 is 0 Å². The average Bonchev–Trinajstić information content (AvgIpc) is 3.03. The smallest absolute Gasteiger partial charge is 0.374 e. The van der Waals surface area contributed by atoms with E-state index in [1.54, 1.807) is 27.7 Å². The number of nitrogens with one attached hydrogen (secondary N) is 2. The molecule has 0 rings (SSSR count). The minimum absolute atomic E-state index is 0.214. The lowest BCUT2D eigenvalue weighted by molar-refractivity contribution is -0.127. The fourth-order valence-electron chi connectivity index (χ4n) is 4.51. The minimum Gasteiger partial charge on any atom is -0.374 e. The molecule has 16 heteroatoms. The van der Waals surface area contributed by atoms with Crippen LogP contribution in [-0.2, 0) is 36.1 Å². The molecule has 0 saturated carbocycles. The first-order valence-corrected chi connectivity index (χ1v) is 24.0. The Labute approximate surface area is 302 Å². The zero-order chi connectivity index (χ0) is 36.4. The highest BCUT2D eigenvalue weighted by Gasteiger charge is 2.40. The Kier molecular flexibility index (Phi) is 26.8. The maximum absolute atomic E-state index is 12.8. The Morgan fingerprint density at radius 1 is 0.521 bits per heavy atom. The summed E-state index contributed by atoms with van der Waals surface area (Å²) in [5, 5.41) is 14.5. The second kappa shape index (κ2) is 27.1. The van der Waals surface area contributed by atoms with Crippen molar-refractivity contribution < 1.29 is 36.1 Å². The third-order valence-electron chi connectivity index (χ3n) is 6.89. The van der Waals surface area contributed by atoms with E-state index in [2.05, 4.69) is 20.9 Å². The van der Waals surface area contributed by atoms with E-state index in [4.69, 9.17) is 26.6 Å². The maximum Gasteiger partial charge on any atom is 0.500 e. The molecular weight excluding hydrogens is 689 g/mol. The summed E-state index contributed by atoms with van der Waals surface area (Å²) in [6.45, 7) is 23.3. The topological polar surface area (TPSA) is 138 Å². The number of carbonyl (C=O) groups excluding carboxylic acids is 2. The fourth-order valence-corrected chi connectivity index (χ4v) is 12.1. The lowest BCUT2D eigenvalue weighted by Gasteiger charge is -2.28. The van der Waals surface area contributed by atoms with Crippen molar-refractivity contribution in [1.29, 1.82) is 0 Å². The van der Waals surface area contributed by atoms with Crippen LogP contribution in [0.25, 0.3) is 0 Å². The third kappa shape index (κ3) is 20.3. The first-order valence-electron chi connectivity index (χ1n) is 17.8. The summed E-state index contributed by atoms with van der Waals surface area (Å²) in [5.41, 5.74) is -2.17. The van der Waals surface area contributed by atoms with Gasteiger partial charge in [-0.15, -0.1) is 0 Å². The molecule has 2 N–H and O–H groups in total. The van der Waals surface area contributed by atoms with Gasteiger partial charge in [0.2, 0.25) is 11.8 Å². The van der Waals surface area contributed by atoms with Gasteiger partial charge in [-0.05, 0) is 118 Å². The molecule has 0 aromatic rings. The predicted molar refractivity (Wildman–Crippen MR) is 203 cm³/mol. The van der Waals surface area contributed by atoms with E-state index in [1.807, 2.05) is 65.1 Å². The number of thioether (sulfide) groups is 2. The van der Waals surface area contributed by atoms with Crippen molar-refractivity contribution >= 4 is 52.9 Å². The Hall–Kier alpha value is -0.566. The number of hydrogen-bond donors (Lipinski definition) is 2. The molecule has 0 aliphatic carbocycles. The molecule has 0 fully saturated rings. The molecule has 0 radical (unpaired) electrons. The van der Waals surface area contributed by atoms with Crippen molar-refractivity contribution in [2.75, 3.05) is 75.7 Å². The number of carbonyl (C=O) groups is 2. The van der Waals surface area contributed by atoms with Gasteiger partial charge in [0.25, 0.3) is 0 Å². The number of rotatable bonds is 32. The molecule has 0 saturated heterocycles. The van der Waals surface area contributed by atoms with Crippen molar-refractivity contribution in [2.45, 2.75) is 118 Å². The molecule has 0 aromatic carbocycles. The molecule has 0 unspecified atom stereocenters. The number of nitrogens with zero attached hydrogens (tertiary/aromatic N) is 2. The summed E-state index contributed by atoms with van der Waals surface area (Å²) >= 11 is 3.69. The average molecular weight is 757 g/mol. The molecule has 0 aromatic heterocycles. The van der Waals surface area contributed by atoms with Crippen LogP contribution in [0.2, 0.25) is 12.1 Å². The summed E-state index contributed by atoms with van der Waals surface area (Å²) < 4.78 is 35.5. The maximum atomic E-state index is 12.8. The van der Waals surface area contributed by atoms with Crippen LogP contribution in [0.5, 0.6) is 0 Å². The van der Waals surface area contributed by atoms with Crippen LogP contribution in [0, 0.1) is 0 Å². The molecular formula is C32H68N4O8S2Si2. The Morgan fingerprint density at radius 2 is 0.792 bits per heavy atom. The van der Waals surface area contributed by atoms with E-state index in [-0.39, 0.29) is 11.8 Å². The van der Waals surface area contributed by atoms with Crippen molar-refractivity contribution in [3.05, 3.63) is 0 Å². The predicted octanol–water partition coefficient (Wildman–Crippen LogP) is 6.35. The first-order chi connectivity index (χ1) is 22.8. The SMILES string of the molecule is CCO[Si](CCCSCCCNC(=O)C(C)(C)N=NC(C)(C)C(=O)NCCCSCCC[Si](OCC)(OCC)OCC)(OCC)OCC. The van der Waals surface area contributed by atoms with Crippen LogP contribution in [0.4, 0.5) is 0 Å². The highest BCUT2D eigenvalue weighted by Crippen LogP contribution is 2.22. The third-order valence-corrected chi connectivity index (χ3v) is 15.5. The highest BCUT2D eigenvalue weighted by molar-refractivity contribution is 7.99. The molecule has 0 atom stereocenters. The highest BCUT2D eigenvalue weighted by atomic mass is 32.2. The Bertz CT molecular complexity index is 789. The van der Waals surface area contributed by atoms with Gasteiger partial charge in [0.15, 0.2) is 11.1 Å². The van der Waals surface area contributed by atoms with Gasteiger partial charge in [-0.3, -0.25) is 9.59 Å². The molecule has 0 aliphatic rings. The van der Waals surface area contributed by atoms with Gasteiger partial charge < -0.3 is 37.2 Å². The van der Waals surface area contributed by atoms with E-state index in [0.29, 0.717) is 52.7 Å². The van der Waals surface area contributed by atoms with Crippen molar-refractivity contribution in [3.63, 3.8) is 0 Å². The summed E-state index contributed by atoms with van der Waals surface area (Å²) in [6, 6.07) is 1.61. The van der Waals surface area contributed by atoms with Gasteiger partial charge in [-0.2, -0.15) is 33.8 Å². The van der Waals surface area contributed by atoms with Gasteiger partial charge in [-0.1, -0.05) is 0 Å². The lowest BCUT2D eigenvalue weighted by atomic mass is 10.0. The van der Waals surface area contributed by atoms with E-state index < -0.39 is 28.7 Å². The number of hydrogen-bond acceptors (Lipinski definition) is 12. The van der Waals surface area contributed by atoms with Gasteiger partial charge in [-0.25, -0.2) is 0 Å². The summed E-state index contributed by atoms with van der Waals surface area (Å²) in [7, 11) is -5.17. The quantitative estimate of drug-likeness (QED) is 0.0454. The van der Waals surface area contributed by atoms with Crippen LogP contribution < -0.4 is 10.6 Å². The summed E-state index contributed by atoms with van der Waals surface area (Å²) in [6.07, 6.45) is 3.61. The van der Waals surface area contributed by atoms with Crippen LogP contribution in [0.15, 0.2) is 10.2 Å². The van der Waals surface area contributed by atoms with Gasteiger partial charge in [0.1, 0.15) is 0 Å². The molecule has 0 heterocycles. The second-order valence-corrected chi connectivity index (χ2v) is 19.8. The molecule has 0 bridgehead atoms. The number of amides is 2. The van der Waals surface area contributed by atoms with Crippen molar-refractivity contribution in [3.8, 4) is 0 Å². The molecule has 48 heavy (non-hydrogen) atoms. The molecule has 12 nitrogen and oxygen atoms in total. The summed E-state index contributed by atoms with van der Waals surface area (Å²) in [4.78, 5) is 25.6. The molecule has 0 spiro atoms. The lowest BCUT2D eigenvalue weighted by Crippen LogP contribution is -2.46. The zero-order valence-electron chi connectivity index (χ0n) is 31.7. The second-order valence-electron chi connectivity index (χ2n) is 11.9. The first kappa shape index (κ1) is 47.4. The minimum atomic E-state index is -2.59. The Morgan fingerprint density at radius 3 is 1.06 bits per heavy atom. The summed E-state index contributed by atoms with van der Waals surface area (Å²) in [5.74, 6) is 3.39. The van der Waals surface area contributed by atoms with Crippen molar-refractivity contribution in [1.82, 2.24) is 10.6 Å². The zero-order valence-corrected chi connectivity index (χ0v) is 35.3. The normalized spacial score (nSPS) is 13.0. The standard InChI is InChI=1S/C32H68N4O8S2Si2/c1-11-39-47(40-12-2,41-13-3)27-19-25-45-23-17-21-33-29(37)31(7,8)35-36-32(9,10)30(38)34-22-18-24-46-26-20-28-48(42-14-4,43-15-5)44-16-6/h11-28H2,1-10H3,(H,33,37)(H,34,38).